The average molecular weight is 268 g/mol. The molecule has 0 atom stereocenters. The Morgan fingerprint density at radius 3 is 2.67 bits per heavy atom. The van der Waals surface area contributed by atoms with Crippen LogP contribution in [0.3, 0.4) is 0 Å². The Balaban J connectivity index is 2.58. The van der Waals surface area contributed by atoms with Crippen LogP contribution in [-0.4, -0.2) is 8.42 Å². The lowest BCUT2D eigenvalue weighted by molar-refractivity contribution is 0.559. The van der Waals surface area contributed by atoms with Gasteiger partial charge in [0, 0.05) is 11.5 Å². The zero-order valence-electron chi connectivity index (χ0n) is 9.38. The number of rotatable bonds is 2. The fourth-order valence-corrected chi connectivity index (χ4v) is 1.92. The van der Waals surface area contributed by atoms with E-state index in [0.29, 0.717) is 16.6 Å². The van der Waals surface area contributed by atoms with Crippen molar-refractivity contribution in [1.29, 1.82) is 0 Å². The van der Waals surface area contributed by atoms with E-state index >= 15 is 0 Å². The van der Waals surface area contributed by atoms with Crippen molar-refractivity contribution in [1.82, 2.24) is 0 Å². The topological polar surface area (TPSA) is 64.3 Å². The maximum atomic E-state index is 12.3. The van der Waals surface area contributed by atoms with Gasteiger partial charge in [0.15, 0.2) is 0 Å². The van der Waals surface area contributed by atoms with Crippen LogP contribution in [-0.2, 0) is 10.2 Å². The third-order valence-electron chi connectivity index (χ3n) is 2.40. The van der Waals surface area contributed by atoms with Gasteiger partial charge < -0.3 is 4.42 Å². The molecule has 18 heavy (non-hydrogen) atoms. The first-order valence-corrected chi connectivity index (χ1v) is 6.47. The molecule has 94 valence electrons. The summed E-state index contributed by atoms with van der Waals surface area (Å²) in [6.07, 6.45) is 1.09. The summed E-state index contributed by atoms with van der Waals surface area (Å²) in [6, 6.07) is 6.13. The van der Waals surface area contributed by atoms with Crippen molar-refractivity contribution in [2.75, 3.05) is 0 Å². The van der Waals surface area contributed by atoms with Gasteiger partial charge in [-0.1, -0.05) is 12.1 Å². The highest BCUT2D eigenvalue weighted by atomic mass is 32.3. The summed E-state index contributed by atoms with van der Waals surface area (Å²) in [5.74, 6) is 0. The lowest BCUT2D eigenvalue weighted by Gasteiger charge is -2.00. The predicted octanol–water partition coefficient (Wildman–Crippen LogP) is 2.37. The van der Waals surface area contributed by atoms with E-state index in [0.717, 1.165) is 17.0 Å². The number of aryl methyl sites for hydroxylation is 1. The second-order valence-corrected chi connectivity index (χ2v) is 5.01. The van der Waals surface area contributed by atoms with Gasteiger partial charge in [-0.3, -0.25) is 0 Å². The molecule has 1 heterocycles. The minimum atomic E-state index is -4.66. The van der Waals surface area contributed by atoms with Crippen molar-refractivity contribution in [3.63, 3.8) is 0 Å². The standard InChI is InChI=1S/C12H9FO4S/c1-8-6-12(14)17-11-7-9(2-3-10(8)11)4-5-18(13,15)16/h2-7H,1H3/b5-4+. The van der Waals surface area contributed by atoms with Gasteiger partial charge in [-0.25, -0.2) is 4.79 Å². The molecule has 0 radical (unpaired) electrons. The summed E-state index contributed by atoms with van der Waals surface area (Å²) in [5.41, 5.74) is 1.03. The van der Waals surface area contributed by atoms with Crippen molar-refractivity contribution in [2.24, 2.45) is 0 Å². The Labute approximate surface area is 103 Å². The maximum Gasteiger partial charge on any atom is 0.336 e. The molecule has 0 spiro atoms. The number of halogens is 1. The molecule has 0 bridgehead atoms. The Morgan fingerprint density at radius 2 is 2.00 bits per heavy atom. The third-order valence-corrected chi connectivity index (χ3v) is 2.86. The summed E-state index contributed by atoms with van der Waals surface area (Å²) in [7, 11) is -4.66. The van der Waals surface area contributed by atoms with Crippen LogP contribution in [0.5, 0.6) is 0 Å². The molecule has 0 unspecified atom stereocenters. The number of fused-ring (bicyclic) bond motifs is 1. The summed E-state index contributed by atoms with van der Waals surface area (Å²) in [4.78, 5) is 11.2. The van der Waals surface area contributed by atoms with E-state index in [9.17, 15) is 17.1 Å². The van der Waals surface area contributed by atoms with Crippen LogP contribution in [0.15, 0.2) is 38.9 Å². The molecule has 2 rings (SSSR count). The molecule has 1 aromatic heterocycles. The largest absolute Gasteiger partial charge is 0.423 e. The monoisotopic (exact) mass is 268 g/mol. The van der Waals surface area contributed by atoms with E-state index in [1.54, 1.807) is 19.1 Å². The van der Waals surface area contributed by atoms with Gasteiger partial charge >= 0.3 is 15.8 Å². The van der Waals surface area contributed by atoms with Crippen LogP contribution in [0, 0.1) is 6.92 Å². The van der Waals surface area contributed by atoms with E-state index in [1.807, 2.05) is 0 Å². The zero-order valence-corrected chi connectivity index (χ0v) is 10.2. The molecule has 0 saturated heterocycles. The Kier molecular flexibility index (Phi) is 3.04. The molecular formula is C12H9FO4S. The second kappa shape index (κ2) is 4.38. The molecule has 2 aromatic rings. The highest BCUT2D eigenvalue weighted by molar-refractivity contribution is 7.89. The Morgan fingerprint density at radius 1 is 1.28 bits per heavy atom. The van der Waals surface area contributed by atoms with E-state index < -0.39 is 15.8 Å². The van der Waals surface area contributed by atoms with Crippen LogP contribution in [0.25, 0.3) is 17.0 Å². The predicted molar refractivity (Wildman–Crippen MR) is 66.3 cm³/mol. The molecular weight excluding hydrogens is 259 g/mol. The Bertz CT molecular complexity index is 787. The average Bonchev–Trinajstić information content (AvgIpc) is 2.24. The highest BCUT2D eigenvalue weighted by Crippen LogP contribution is 2.18. The summed E-state index contributed by atoms with van der Waals surface area (Å²) in [6.45, 7) is 1.76. The first kappa shape index (κ1) is 12.5. The van der Waals surface area contributed by atoms with E-state index in [-0.39, 0.29) is 0 Å². The first-order chi connectivity index (χ1) is 8.35. The lowest BCUT2D eigenvalue weighted by Crippen LogP contribution is -1.97. The Hall–Kier alpha value is -1.95. The molecule has 6 heteroatoms. The summed E-state index contributed by atoms with van der Waals surface area (Å²) in [5, 5.41) is 1.19. The molecule has 0 fully saturated rings. The maximum absolute atomic E-state index is 12.3. The van der Waals surface area contributed by atoms with Crippen LogP contribution in [0.1, 0.15) is 11.1 Å². The van der Waals surface area contributed by atoms with Crippen LogP contribution in [0.4, 0.5) is 3.89 Å². The van der Waals surface area contributed by atoms with Gasteiger partial charge in [-0.15, -0.1) is 3.89 Å². The van der Waals surface area contributed by atoms with Gasteiger partial charge in [0.05, 0.1) is 5.41 Å². The number of hydrogen-bond donors (Lipinski definition) is 0. The molecule has 4 nitrogen and oxygen atoms in total. The van der Waals surface area contributed by atoms with Crippen molar-refractivity contribution >= 4 is 27.3 Å². The van der Waals surface area contributed by atoms with Crippen molar-refractivity contribution < 1.29 is 16.7 Å². The van der Waals surface area contributed by atoms with E-state index in [2.05, 4.69) is 0 Å². The minimum absolute atomic E-state index is 0.332. The second-order valence-electron chi connectivity index (χ2n) is 3.78. The fourth-order valence-electron chi connectivity index (χ4n) is 1.61. The van der Waals surface area contributed by atoms with Gasteiger partial charge in [0.25, 0.3) is 0 Å². The fraction of sp³-hybridized carbons (Fsp3) is 0.0833. The van der Waals surface area contributed by atoms with E-state index in [1.165, 1.54) is 12.1 Å². The molecule has 1 aromatic carbocycles. The van der Waals surface area contributed by atoms with Gasteiger partial charge in [-0.2, -0.15) is 8.42 Å². The highest BCUT2D eigenvalue weighted by Gasteiger charge is 2.03. The lowest BCUT2D eigenvalue weighted by atomic mass is 10.1. The van der Waals surface area contributed by atoms with Crippen LogP contribution >= 0.6 is 0 Å². The summed E-state index contributed by atoms with van der Waals surface area (Å²) < 4.78 is 38.0. The van der Waals surface area contributed by atoms with Crippen molar-refractivity contribution in [3.05, 3.63) is 51.2 Å². The molecule has 0 aliphatic heterocycles. The first-order valence-electron chi connectivity index (χ1n) is 5.02. The van der Waals surface area contributed by atoms with Gasteiger partial charge in [0.1, 0.15) is 5.58 Å². The van der Waals surface area contributed by atoms with Crippen molar-refractivity contribution in [3.8, 4) is 0 Å². The van der Waals surface area contributed by atoms with Crippen LogP contribution < -0.4 is 5.63 Å². The smallest absolute Gasteiger partial charge is 0.336 e. The van der Waals surface area contributed by atoms with Crippen LogP contribution in [0.2, 0.25) is 0 Å². The molecule has 0 saturated carbocycles. The van der Waals surface area contributed by atoms with Crippen molar-refractivity contribution in [2.45, 2.75) is 6.92 Å². The molecule has 0 aliphatic carbocycles. The molecule has 0 aliphatic rings. The quantitative estimate of drug-likeness (QED) is 0.619. The number of hydrogen-bond acceptors (Lipinski definition) is 4. The molecule has 0 N–H and O–H groups in total. The minimum Gasteiger partial charge on any atom is -0.423 e. The van der Waals surface area contributed by atoms with Gasteiger partial charge in [-0.05, 0) is 30.2 Å². The zero-order chi connectivity index (χ0) is 13.3. The third kappa shape index (κ3) is 2.84. The van der Waals surface area contributed by atoms with Gasteiger partial charge in [0.2, 0.25) is 0 Å². The SMILES string of the molecule is Cc1cc(=O)oc2cc(/C=C/S(=O)(=O)F)ccc12. The number of benzene rings is 1. The summed E-state index contributed by atoms with van der Waals surface area (Å²) >= 11 is 0. The normalized spacial score (nSPS) is 12.3. The molecule has 0 amide bonds. The van der Waals surface area contributed by atoms with E-state index in [4.69, 9.17) is 4.42 Å².